The van der Waals surface area contributed by atoms with Crippen molar-refractivity contribution < 1.29 is 92.7 Å². The van der Waals surface area contributed by atoms with E-state index in [4.69, 9.17) is 24.1 Å². The van der Waals surface area contributed by atoms with Gasteiger partial charge in [0.1, 0.15) is 24.4 Å². The van der Waals surface area contributed by atoms with Gasteiger partial charge < -0.3 is 39.6 Å². The first-order valence-corrected chi connectivity index (χ1v) is 16.8. The molecule has 1 unspecified atom stereocenters. The number of benzene rings is 2. The Kier molecular flexibility index (Phi) is 9.98. The quantitative estimate of drug-likeness (QED) is 0.320. The van der Waals surface area contributed by atoms with Crippen LogP contribution in [0.25, 0.3) is 0 Å². The molecule has 0 saturated carbocycles. The number of phenolic OH excluding ortho intramolecular Hbond substituents is 2. The Balaban J connectivity index is 0.00000417. The fourth-order valence-electron chi connectivity index (χ4n) is 8.29. The molecule has 2 saturated heterocycles. The Morgan fingerprint density at radius 3 is 2.55 bits per heavy atom. The number of carboxylic acids is 1. The number of nitriles is 1. The molecular weight excluding hydrogens is 871 g/mol. The average molecular weight is 908 g/mol. The molecule has 2 fully saturated rings. The van der Waals surface area contributed by atoms with Crippen molar-refractivity contribution in [3.05, 3.63) is 39.4 Å². The maximum Gasteiger partial charge on any atom is 0.329 e. The predicted octanol–water partition coefficient (Wildman–Crippen LogP) is 2.36. The molecule has 1 radical (unpaired) electrons. The number of piperazine rings is 1. The second-order valence-electron chi connectivity index (χ2n) is 12.8. The van der Waals surface area contributed by atoms with E-state index in [1.54, 1.807) is 6.92 Å². The van der Waals surface area contributed by atoms with E-state index in [0.29, 0.717) is 45.9 Å². The van der Waals surface area contributed by atoms with E-state index in [9.17, 15) is 29.9 Å². The van der Waals surface area contributed by atoms with Gasteiger partial charge in [-0.2, -0.15) is 5.26 Å². The van der Waals surface area contributed by atoms with E-state index < -0.39 is 59.7 Å². The Labute approximate surface area is 322 Å². The summed E-state index contributed by atoms with van der Waals surface area (Å²) in [6, 6.07) is 0.622. The number of carboxylic acid groups (broad SMARTS) is 1. The van der Waals surface area contributed by atoms with Crippen LogP contribution in [0.2, 0.25) is 0 Å². The van der Waals surface area contributed by atoms with E-state index in [2.05, 4.69) is 21.2 Å². The van der Waals surface area contributed by atoms with Gasteiger partial charge in [-0.25, -0.2) is 4.79 Å². The maximum absolute atomic E-state index is 13.5. The average Bonchev–Trinajstić information content (AvgIpc) is 3.54. The summed E-state index contributed by atoms with van der Waals surface area (Å²) >= 11 is 1.31. The van der Waals surface area contributed by atoms with Gasteiger partial charge in [0.15, 0.2) is 23.0 Å². The van der Waals surface area contributed by atoms with Crippen LogP contribution in [-0.2, 0) is 25.5 Å². The van der Waals surface area contributed by atoms with Gasteiger partial charge in [-0.05, 0) is 38.4 Å². The van der Waals surface area contributed by atoms with E-state index >= 15 is 0 Å². The van der Waals surface area contributed by atoms with E-state index in [-0.39, 0.29) is 87.2 Å². The molecule has 0 aliphatic carbocycles. The van der Waals surface area contributed by atoms with Crippen molar-refractivity contribution in [2.24, 2.45) is 0 Å². The zero-order valence-corrected chi connectivity index (χ0v) is 33.0. The Morgan fingerprint density at radius 1 is 1.12 bits per heavy atom. The van der Waals surface area contributed by atoms with Gasteiger partial charge in [0, 0.05) is 90.6 Å². The van der Waals surface area contributed by atoms with Crippen molar-refractivity contribution in [3.8, 4) is 34.8 Å². The molecule has 4 N–H and O–H groups in total. The largest absolute Gasteiger partial charge is 0.507 e. The van der Waals surface area contributed by atoms with Gasteiger partial charge in [-0.15, -0.1) is 11.8 Å². The fraction of sp³-hybridized carbons (Fsp3) is 0.515. The molecule has 14 nitrogen and oxygen atoms in total. The standard InChI is InChI=1S/C33H36N4O10S.Ac/c1-13-7-15-8-17-18(9-34)37-19-10-45-33(43)16(35-20(38)5-6-21(39)40)11-48-32(24-23(19)31-30(46-12-47-31)14(2)27(24)41)26(37)25(36(17)3)22(15)28(42)29(13)44-4;/h7,16-19,25-26,32,41-42H,5-6,8,10-12H2,1-4H3,(H,35,38)(H,39,40);/t16-,17-,18-,19-,25+,26?,32+;/m0./s1. The summed E-state index contributed by atoms with van der Waals surface area (Å²) < 4.78 is 23.4. The van der Waals surface area contributed by atoms with Crippen molar-refractivity contribution in [1.82, 2.24) is 15.1 Å². The number of cyclic esters (lactones) is 1. The normalized spacial score (nSPS) is 28.1. The number of likely N-dealkylation sites (N-methyl/N-ethyl adjacent to an activating group) is 1. The minimum Gasteiger partial charge on any atom is -0.507 e. The molecule has 2 aromatic rings. The topological polar surface area (TPSA) is 191 Å². The fourth-order valence-corrected chi connectivity index (χ4v) is 9.81. The third-order valence-electron chi connectivity index (χ3n) is 10.3. The summed E-state index contributed by atoms with van der Waals surface area (Å²) in [5.41, 5.74) is 3.94. The number of aliphatic carboxylic acids is 1. The number of ether oxygens (including phenoxy) is 4. The van der Waals surface area contributed by atoms with Crippen LogP contribution in [0.5, 0.6) is 28.7 Å². The van der Waals surface area contributed by atoms with Crippen molar-refractivity contribution >= 4 is 29.6 Å². The third-order valence-corrected chi connectivity index (χ3v) is 11.7. The molecule has 0 aromatic heterocycles. The molecule has 257 valence electrons. The van der Waals surface area contributed by atoms with Gasteiger partial charge >= 0.3 is 11.9 Å². The van der Waals surface area contributed by atoms with Crippen LogP contribution in [0, 0.1) is 69.2 Å². The number of nitrogens with one attached hydrogen (secondary N) is 1. The number of rotatable bonds is 5. The first-order chi connectivity index (χ1) is 23.0. The number of aryl methyl sites for hydroxylation is 1. The molecule has 4 bridgehead atoms. The van der Waals surface area contributed by atoms with Crippen molar-refractivity contribution in [3.63, 3.8) is 0 Å². The molecule has 5 heterocycles. The zero-order valence-electron chi connectivity index (χ0n) is 27.4. The minimum atomic E-state index is -1.14. The molecule has 7 rings (SSSR count). The molecular formula is C33H36AcN4O10S. The minimum absolute atomic E-state index is 0. The molecule has 7 atom stereocenters. The predicted molar refractivity (Wildman–Crippen MR) is 169 cm³/mol. The van der Waals surface area contributed by atoms with Crippen LogP contribution >= 0.6 is 11.8 Å². The molecule has 16 heteroatoms. The van der Waals surface area contributed by atoms with Crippen LogP contribution in [0.4, 0.5) is 0 Å². The van der Waals surface area contributed by atoms with Crippen molar-refractivity contribution in [2.45, 2.75) is 74.6 Å². The number of methoxy groups -OCH3 is 1. The van der Waals surface area contributed by atoms with Gasteiger partial charge in [0.2, 0.25) is 12.7 Å². The molecule has 5 aliphatic rings. The van der Waals surface area contributed by atoms with Gasteiger partial charge in [0.25, 0.3) is 0 Å². The van der Waals surface area contributed by atoms with E-state index in [1.165, 1.54) is 18.9 Å². The number of nitrogens with zero attached hydrogens (tertiary/aromatic N) is 3. The molecule has 0 spiro atoms. The first-order valence-electron chi connectivity index (χ1n) is 15.7. The molecule has 2 aromatic carbocycles. The van der Waals surface area contributed by atoms with Crippen molar-refractivity contribution in [2.75, 3.05) is 33.3 Å². The maximum atomic E-state index is 13.5. The monoisotopic (exact) mass is 907 g/mol. The summed E-state index contributed by atoms with van der Waals surface area (Å²) in [4.78, 5) is 41.5. The molecule has 5 aliphatic heterocycles. The summed E-state index contributed by atoms with van der Waals surface area (Å²) in [7, 11) is 3.43. The van der Waals surface area contributed by atoms with Gasteiger partial charge in [-0.1, -0.05) is 6.07 Å². The summed E-state index contributed by atoms with van der Waals surface area (Å²) in [5, 5.41) is 45.6. The smallest absolute Gasteiger partial charge is 0.329 e. The van der Waals surface area contributed by atoms with Crippen LogP contribution in [0.3, 0.4) is 0 Å². The van der Waals surface area contributed by atoms with Gasteiger partial charge in [0.05, 0.1) is 36.9 Å². The number of carbonyl (C=O) groups excluding carboxylic acids is 2. The molecule has 49 heavy (non-hydrogen) atoms. The number of aromatic hydroxyl groups is 2. The van der Waals surface area contributed by atoms with Crippen LogP contribution in [0.15, 0.2) is 6.07 Å². The number of hydrogen-bond donors (Lipinski definition) is 4. The second kappa shape index (κ2) is 13.6. The van der Waals surface area contributed by atoms with Gasteiger partial charge in [-0.3, -0.25) is 19.4 Å². The number of thioether (sulfide) groups is 1. The number of amides is 1. The number of esters is 1. The van der Waals surface area contributed by atoms with Crippen LogP contribution in [0.1, 0.15) is 63.6 Å². The van der Waals surface area contributed by atoms with E-state index in [0.717, 1.165) is 11.1 Å². The SMILES string of the molecule is COc1c(C)cc2c(c1O)[C@@H]1C3[C@@H]4SC[C@H](NC(=O)CCC(=O)O)C(=O)OC[C@@H](c5c6c(c(C)c(O)c54)OCO6)N3[C@@H](C#N)[C@H](C2)N1C.[Ac]. The Hall–Kier alpha value is -2.95. The number of fused-ring (bicyclic) bond motifs is 9. The summed E-state index contributed by atoms with van der Waals surface area (Å²) in [6.45, 7) is 3.29. The summed E-state index contributed by atoms with van der Waals surface area (Å²) in [5.74, 6) is -1.27. The zero-order chi connectivity index (χ0) is 34.2. The first kappa shape index (κ1) is 35.9. The van der Waals surface area contributed by atoms with Crippen molar-refractivity contribution in [1.29, 1.82) is 5.26 Å². The number of hydrogen-bond acceptors (Lipinski definition) is 13. The van der Waals surface area contributed by atoms with Crippen LogP contribution < -0.4 is 19.5 Å². The van der Waals surface area contributed by atoms with Crippen LogP contribution in [-0.4, -0.2) is 100 Å². The Bertz CT molecular complexity index is 1780. The molecule has 1 amide bonds. The Morgan fingerprint density at radius 2 is 1.86 bits per heavy atom. The number of phenols is 2. The summed E-state index contributed by atoms with van der Waals surface area (Å²) in [6.07, 6.45) is -0.235. The second-order valence-corrected chi connectivity index (χ2v) is 14.0. The third kappa shape index (κ3) is 5.61. The van der Waals surface area contributed by atoms with E-state index in [1.807, 2.05) is 20.0 Å². The number of carbonyl (C=O) groups is 3.